The molecule has 0 unspecified atom stereocenters. The van der Waals surface area contributed by atoms with Crippen molar-refractivity contribution in [3.63, 3.8) is 0 Å². The molecule has 0 aromatic heterocycles. The number of hydrogen-bond acceptors (Lipinski definition) is 4. The highest BCUT2D eigenvalue weighted by Crippen LogP contribution is 2.38. The van der Waals surface area contributed by atoms with Crippen molar-refractivity contribution in [3.05, 3.63) is 64.7 Å². The van der Waals surface area contributed by atoms with E-state index in [1.54, 1.807) is 0 Å². The SMILES string of the molecule is Cc1cc([C@@H](C2CCOCC2)N2CCNCC2)cc(C)c1OCc1ccccc1.Cl.Cl. The van der Waals surface area contributed by atoms with Crippen LogP contribution in [-0.2, 0) is 11.3 Å². The first kappa shape index (κ1) is 26.0. The van der Waals surface area contributed by atoms with Gasteiger partial charge in [-0.1, -0.05) is 42.5 Å². The molecule has 4 rings (SSSR count). The summed E-state index contributed by atoms with van der Waals surface area (Å²) in [6, 6.07) is 15.6. The van der Waals surface area contributed by atoms with Crippen LogP contribution in [0.5, 0.6) is 5.75 Å². The lowest BCUT2D eigenvalue weighted by atomic mass is 9.84. The number of benzene rings is 2. The second-order valence-corrected chi connectivity index (χ2v) is 8.44. The maximum absolute atomic E-state index is 6.24. The Kier molecular flexibility index (Phi) is 10.6. The van der Waals surface area contributed by atoms with Gasteiger partial charge in [-0.05, 0) is 54.9 Å². The van der Waals surface area contributed by atoms with Crippen molar-refractivity contribution in [2.75, 3.05) is 39.4 Å². The van der Waals surface area contributed by atoms with Gasteiger partial charge in [0.1, 0.15) is 12.4 Å². The molecule has 2 heterocycles. The van der Waals surface area contributed by atoms with E-state index in [-0.39, 0.29) is 24.8 Å². The van der Waals surface area contributed by atoms with Crippen LogP contribution in [0.2, 0.25) is 0 Å². The number of rotatable bonds is 6. The van der Waals surface area contributed by atoms with Crippen molar-refractivity contribution in [3.8, 4) is 5.75 Å². The molecule has 0 radical (unpaired) electrons. The third kappa shape index (κ3) is 6.59. The largest absolute Gasteiger partial charge is 0.488 e. The Labute approximate surface area is 199 Å². The molecule has 1 atom stereocenters. The number of nitrogens with zero attached hydrogens (tertiary/aromatic N) is 1. The Morgan fingerprint density at radius 2 is 1.61 bits per heavy atom. The van der Waals surface area contributed by atoms with Crippen LogP contribution in [0.1, 0.15) is 41.1 Å². The van der Waals surface area contributed by atoms with Crippen molar-refractivity contribution in [2.45, 2.75) is 39.3 Å². The van der Waals surface area contributed by atoms with Crippen LogP contribution in [0.25, 0.3) is 0 Å². The van der Waals surface area contributed by atoms with Gasteiger partial charge in [0.05, 0.1) is 0 Å². The van der Waals surface area contributed by atoms with E-state index < -0.39 is 0 Å². The molecule has 2 aliphatic rings. The van der Waals surface area contributed by atoms with E-state index in [0.717, 1.165) is 58.0 Å². The molecule has 0 spiro atoms. The zero-order chi connectivity index (χ0) is 20.1. The Hall–Kier alpha value is -1.30. The van der Waals surface area contributed by atoms with Gasteiger partial charge in [0.25, 0.3) is 0 Å². The highest BCUT2D eigenvalue weighted by atomic mass is 35.5. The van der Waals surface area contributed by atoms with E-state index in [9.17, 15) is 0 Å². The summed E-state index contributed by atoms with van der Waals surface area (Å²) in [5, 5.41) is 3.50. The molecule has 0 bridgehead atoms. The van der Waals surface area contributed by atoms with E-state index in [4.69, 9.17) is 9.47 Å². The van der Waals surface area contributed by atoms with Crippen molar-refractivity contribution >= 4 is 24.8 Å². The lowest BCUT2D eigenvalue weighted by Gasteiger charge is -2.41. The minimum atomic E-state index is 0. The molecule has 2 aliphatic heterocycles. The Morgan fingerprint density at radius 3 is 2.23 bits per heavy atom. The summed E-state index contributed by atoms with van der Waals surface area (Å²) in [5.74, 6) is 1.69. The number of halogens is 2. The number of ether oxygens (including phenoxy) is 2. The minimum absolute atomic E-state index is 0. The summed E-state index contributed by atoms with van der Waals surface area (Å²) in [6.45, 7) is 11.2. The van der Waals surface area contributed by atoms with Crippen LogP contribution in [0.4, 0.5) is 0 Å². The molecule has 2 aromatic rings. The fraction of sp³-hybridized carbons (Fsp3) is 0.520. The summed E-state index contributed by atoms with van der Waals surface area (Å²) in [7, 11) is 0. The maximum atomic E-state index is 6.24. The third-order valence-electron chi connectivity index (χ3n) is 6.31. The predicted molar refractivity (Wildman–Crippen MR) is 132 cm³/mol. The first-order chi connectivity index (χ1) is 14.2. The quantitative estimate of drug-likeness (QED) is 0.641. The molecule has 2 aromatic carbocycles. The zero-order valence-electron chi connectivity index (χ0n) is 18.6. The third-order valence-corrected chi connectivity index (χ3v) is 6.31. The van der Waals surface area contributed by atoms with E-state index in [2.05, 4.69) is 60.5 Å². The number of hydrogen-bond donors (Lipinski definition) is 1. The van der Waals surface area contributed by atoms with Gasteiger partial charge in [-0.15, -0.1) is 24.8 Å². The molecule has 31 heavy (non-hydrogen) atoms. The fourth-order valence-electron chi connectivity index (χ4n) is 4.88. The Morgan fingerprint density at radius 1 is 1.00 bits per heavy atom. The molecule has 0 amide bonds. The second kappa shape index (κ2) is 12.7. The molecular weight excluding hydrogens is 431 g/mol. The van der Waals surface area contributed by atoms with Crippen LogP contribution in [-0.4, -0.2) is 44.3 Å². The lowest BCUT2D eigenvalue weighted by molar-refractivity contribution is 0.0212. The minimum Gasteiger partial charge on any atom is -0.488 e. The van der Waals surface area contributed by atoms with Crippen LogP contribution < -0.4 is 10.1 Å². The van der Waals surface area contributed by atoms with Crippen molar-refractivity contribution < 1.29 is 9.47 Å². The van der Waals surface area contributed by atoms with Crippen molar-refractivity contribution in [2.24, 2.45) is 5.92 Å². The molecule has 0 saturated carbocycles. The molecule has 172 valence electrons. The molecule has 1 N–H and O–H groups in total. The predicted octanol–water partition coefficient (Wildman–Crippen LogP) is 5.10. The molecule has 4 nitrogen and oxygen atoms in total. The van der Waals surface area contributed by atoms with E-state index in [0.29, 0.717) is 18.6 Å². The van der Waals surface area contributed by atoms with Crippen LogP contribution >= 0.6 is 24.8 Å². The summed E-state index contributed by atoms with van der Waals surface area (Å²) >= 11 is 0. The monoisotopic (exact) mass is 466 g/mol. The van der Waals surface area contributed by atoms with Gasteiger partial charge in [0.2, 0.25) is 0 Å². The molecule has 6 heteroatoms. The van der Waals surface area contributed by atoms with Gasteiger partial charge in [0, 0.05) is 45.4 Å². The van der Waals surface area contributed by atoms with Crippen LogP contribution in [0.3, 0.4) is 0 Å². The standard InChI is InChI=1S/C25H34N2O2.2ClH/c1-19-16-23(17-20(2)25(19)29-18-21-6-4-3-5-7-21)24(22-8-14-28-15-9-22)27-12-10-26-11-13-27;;/h3-7,16-17,22,24,26H,8-15,18H2,1-2H3;2*1H/t24-;;/m1../s1. The van der Waals surface area contributed by atoms with Gasteiger partial charge in [0.15, 0.2) is 0 Å². The molecule has 2 fully saturated rings. The molecular formula is C25H36Cl2N2O2. The average molecular weight is 467 g/mol. The zero-order valence-corrected chi connectivity index (χ0v) is 20.3. The summed E-state index contributed by atoms with van der Waals surface area (Å²) in [4.78, 5) is 2.69. The highest BCUT2D eigenvalue weighted by Gasteiger charge is 2.31. The first-order valence-electron chi connectivity index (χ1n) is 11.0. The van der Waals surface area contributed by atoms with Crippen LogP contribution in [0.15, 0.2) is 42.5 Å². The average Bonchev–Trinajstić information content (AvgIpc) is 2.76. The highest BCUT2D eigenvalue weighted by molar-refractivity contribution is 5.85. The Bertz CT molecular complexity index is 750. The van der Waals surface area contributed by atoms with E-state index in [1.165, 1.54) is 22.3 Å². The summed E-state index contributed by atoms with van der Waals surface area (Å²) in [6.07, 6.45) is 2.30. The number of piperazine rings is 1. The summed E-state index contributed by atoms with van der Waals surface area (Å²) in [5.41, 5.74) is 5.13. The van der Waals surface area contributed by atoms with Gasteiger partial charge >= 0.3 is 0 Å². The normalized spacial score (nSPS) is 18.5. The van der Waals surface area contributed by atoms with Gasteiger partial charge < -0.3 is 14.8 Å². The second-order valence-electron chi connectivity index (χ2n) is 8.44. The van der Waals surface area contributed by atoms with Crippen LogP contribution in [0, 0.1) is 19.8 Å². The van der Waals surface area contributed by atoms with Crippen molar-refractivity contribution in [1.29, 1.82) is 0 Å². The number of aryl methyl sites for hydroxylation is 2. The molecule has 0 aliphatic carbocycles. The van der Waals surface area contributed by atoms with E-state index in [1.807, 2.05) is 6.07 Å². The first-order valence-corrected chi connectivity index (χ1v) is 11.0. The smallest absolute Gasteiger partial charge is 0.125 e. The summed E-state index contributed by atoms with van der Waals surface area (Å²) < 4.78 is 11.9. The lowest BCUT2D eigenvalue weighted by Crippen LogP contribution is -2.47. The van der Waals surface area contributed by atoms with Gasteiger partial charge in [-0.25, -0.2) is 0 Å². The van der Waals surface area contributed by atoms with Crippen molar-refractivity contribution in [1.82, 2.24) is 10.2 Å². The Balaban J connectivity index is 0.00000171. The topological polar surface area (TPSA) is 33.7 Å². The van der Waals surface area contributed by atoms with Gasteiger partial charge in [-0.3, -0.25) is 4.90 Å². The van der Waals surface area contributed by atoms with Gasteiger partial charge in [-0.2, -0.15) is 0 Å². The fourth-order valence-corrected chi connectivity index (χ4v) is 4.88. The molecule has 2 saturated heterocycles. The van der Waals surface area contributed by atoms with E-state index >= 15 is 0 Å². The number of nitrogens with one attached hydrogen (secondary N) is 1. The maximum Gasteiger partial charge on any atom is 0.125 e.